The van der Waals surface area contributed by atoms with Crippen molar-refractivity contribution < 1.29 is 4.43 Å². The Balaban J connectivity index is 3.02. The van der Waals surface area contributed by atoms with Gasteiger partial charge in [0, 0.05) is 0 Å². The minimum Gasteiger partial charge on any atom is -0.397 e. The van der Waals surface area contributed by atoms with Gasteiger partial charge in [-0.05, 0) is 50.7 Å². The van der Waals surface area contributed by atoms with Crippen LogP contribution in [0.4, 0.5) is 0 Å². The Labute approximate surface area is 111 Å². The van der Waals surface area contributed by atoms with E-state index in [1.165, 1.54) is 0 Å². The molecule has 0 radical (unpaired) electrons. The van der Waals surface area contributed by atoms with Crippen molar-refractivity contribution in [2.24, 2.45) is 0 Å². The zero-order chi connectivity index (χ0) is 13.8. The van der Waals surface area contributed by atoms with E-state index < -0.39 is 13.9 Å². The van der Waals surface area contributed by atoms with Crippen LogP contribution in [0.1, 0.15) is 19.4 Å². The van der Waals surface area contributed by atoms with Crippen molar-refractivity contribution >= 4 is 13.9 Å². The van der Waals surface area contributed by atoms with E-state index in [4.69, 9.17) is 4.43 Å². The van der Waals surface area contributed by atoms with Crippen LogP contribution in [0.5, 0.6) is 0 Å². The lowest BCUT2D eigenvalue weighted by atomic mass is 10.0. The van der Waals surface area contributed by atoms with Gasteiger partial charge < -0.3 is 4.43 Å². The van der Waals surface area contributed by atoms with Crippen LogP contribution < -0.4 is 0 Å². The van der Waals surface area contributed by atoms with Gasteiger partial charge in [0.05, 0.1) is 0 Å². The zero-order valence-corrected chi connectivity index (χ0v) is 12.8. The summed E-state index contributed by atoms with van der Waals surface area (Å²) in [6.45, 7) is 10.1. The van der Waals surface area contributed by atoms with Crippen molar-refractivity contribution in [2.45, 2.75) is 39.1 Å². The minimum absolute atomic E-state index is 0.843. The van der Waals surface area contributed by atoms with Crippen molar-refractivity contribution in [1.29, 1.82) is 5.26 Å². The van der Waals surface area contributed by atoms with Crippen LogP contribution in [0.2, 0.25) is 19.6 Å². The molecule has 1 aromatic carbocycles. The standard InChI is InChI=1S/C15H21NOSi/c1-13(14-9-7-6-8-10-14)11-15(2,12-16)17-18(3,4)5/h6-11H,1-5H3/b13-11+. The summed E-state index contributed by atoms with van der Waals surface area (Å²) in [5.74, 6) is 0. The average molecular weight is 259 g/mol. The molecule has 1 aromatic rings. The Morgan fingerprint density at radius 2 is 1.83 bits per heavy atom. The highest BCUT2D eigenvalue weighted by Crippen LogP contribution is 2.23. The normalized spacial score (nSPS) is 15.9. The van der Waals surface area contributed by atoms with Gasteiger partial charge in [-0.2, -0.15) is 5.26 Å². The first kappa shape index (κ1) is 14.7. The quantitative estimate of drug-likeness (QED) is 0.758. The fourth-order valence-electron chi connectivity index (χ4n) is 1.92. The molecule has 0 amide bonds. The SMILES string of the molecule is C/C(=C\C(C)(C#N)O[Si](C)(C)C)c1ccccc1. The molecule has 0 N–H and O–H groups in total. The highest BCUT2D eigenvalue weighted by atomic mass is 28.4. The van der Waals surface area contributed by atoms with Crippen molar-refractivity contribution in [1.82, 2.24) is 0 Å². The topological polar surface area (TPSA) is 33.0 Å². The fraction of sp³-hybridized carbons (Fsp3) is 0.400. The van der Waals surface area contributed by atoms with Gasteiger partial charge in [-0.1, -0.05) is 30.3 Å². The molecule has 0 fully saturated rings. The summed E-state index contributed by atoms with van der Waals surface area (Å²) >= 11 is 0. The molecular weight excluding hydrogens is 238 g/mol. The third kappa shape index (κ3) is 4.48. The Morgan fingerprint density at radius 3 is 2.28 bits per heavy atom. The summed E-state index contributed by atoms with van der Waals surface area (Å²) in [5, 5.41) is 9.35. The summed E-state index contributed by atoms with van der Waals surface area (Å²) in [7, 11) is -1.75. The zero-order valence-electron chi connectivity index (χ0n) is 11.8. The Hall–Kier alpha value is -1.37. The second-order valence-electron chi connectivity index (χ2n) is 5.63. The van der Waals surface area contributed by atoms with Gasteiger partial charge in [0.2, 0.25) is 0 Å². The lowest BCUT2D eigenvalue weighted by molar-refractivity contribution is 0.192. The first-order chi connectivity index (χ1) is 8.26. The molecule has 0 aliphatic rings. The van der Waals surface area contributed by atoms with Crippen LogP contribution in [-0.4, -0.2) is 13.9 Å². The van der Waals surface area contributed by atoms with E-state index >= 15 is 0 Å². The monoisotopic (exact) mass is 259 g/mol. The minimum atomic E-state index is -1.75. The number of rotatable bonds is 4. The molecule has 2 nitrogen and oxygen atoms in total. The van der Waals surface area contributed by atoms with Crippen LogP contribution in [0, 0.1) is 11.3 Å². The molecule has 0 bridgehead atoms. The molecule has 0 spiro atoms. The Kier molecular flexibility index (Phi) is 4.50. The number of benzene rings is 1. The molecule has 0 aliphatic carbocycles. The fourth-order valence-corrected chi connectivity index (χ4v) is 3.29. The van der Waals surface area contributed by atoms with Gasteiger partial charge in [0.25, 0.3) is 0 Å². The van der Waals surface area contributed by atoms with Crippen LogP contribution in [0.25, 0.3) is 5.57 Å². The largest absolute Gasteiger partial charge is 0.397 e. The number of allylic oxidation sites excluding steroid dienone is 1. The number of hydrogen-bond donors (Lipinski definition) is 0. The molecule has 0 saturated heterocycles. The molecule has 0 aromatic heterocycles. The summed E-state index contributed by atoms with van der Waals surface area (Å²) in [6.07, 6.45) is 1.92. The Morgan fingerprint density at radius 1 is 1.28 bits per heavy atom. The van der Waals surface area contributed by atoms with Crippen molar-refractivity contribution in [2.75, 3.05) is 0 Å². The van der Waals surface area contributed by atoms with E-state index in [0.29, 0.717) is 0 Å². The molecule has 1 rings (SSSR count). The maximum absolute atomic E-state index is 9.35. The highest BCUT2D eigenvalue weighted by molar-refractivity contribution is 6.69. The lowest BCUT2D eigenvalue weighted by Crippen LogP contribution is -2.38. The molecule has 1 atom stereocenters. The van der Waals surface area contributed by atoms with E-state index in [2.05, 4.69) is 25.7 Å². The maximum atomic E-state index is 9.35. The molecule has 3 heteroatoms. The number of hydrogen-bond acceptors (Lipinski definition) is 2. The summed E-state index contributed by atoms with van der Waals surface area (Å²) in [5.41, 5.74) is 1.35. The van der Waals surface area contributed by atoms with Gasteiger partial charge in [-0.15, -0.1) is 0 Å². The smallest absolute Gasteiger partial charge is 0.186 e. The molecule has 1 unspecified atom stereocenters. The predicted octanol–water partition coefficient (Wildman–Crippen LogP) is 4.22. The van der Waals surface area contributed by atoms with E-state index in [0.717, 1.165) is 11.1 Å². The van der Waals surface area contributed by atoms with Crippen LogP contribution in [0.3, 0.4) is 0 Å². The van der Waals surface area contributed by atoms with E-state index in [1.807, 2.05) is 50.3 Å². The molecule has 0 aliphatic heterocycles. The van der Waals surface area contributed by atoms with E-state index in [1.54, 1.807) is 0 Å². The summed E-state index contributed by atoms with van der Waals surface area (Å²) in [6, 6.07) is 12.3. The van der Waals surface area contributed by atoms with Crippen LogP contribution >= 0.6 is 0 Å². The maximum Gasteiger partial charge on any atom is 0.186 e. The highest BCUT2D eigenvalue weighted by Gasteiger charge is 2.29. The molecule has 0 heterocycles. The van der Waals surface area contributed by atoms with Crippen molar-refractivity contribution in [3.05, 3.63) is 42.0 Å². The van der Waals surface area contributed by atoms with Gasteiger partial charge in [0.1, 0.15) is 6.07 Å². The number of nitriles is 1. The van der Waals surface area contributed by atoms with Crippen LogP contribution in [0.15, 0.2) is 36.4 Å². The molecular formula is C15H21NOSi. The van der Waals surface area contributed by atoms with Gasteiger partial charge in [-0.25, -0.2) is 0 Å². The van der Waals surface area contributed by atoms with Crippen molar-refractivity contribution in [3.63, 3.8) is 0 Å². The molecule has 0 saturated carbocycles. The average Bonchev–Trinajstić information content (AvgIpc) is 2.27. The van der Waals surface area contributed by atoms with Gasteiger partial charge in [-0.3, -0.25) is 0 Å². The van der Waals surface area contributed by atoms with E-state index in [-0.39, 0.29) is 0 Å². The molecule has 18 heavy (non-hydrogen) atoms. The lowest BCUT2D eigenvalue weighted by Gasteiger charge is -2.28. The second kappa shape index (κ2) is 5.51. The molecule has 96 valence electrons. The van der Waals surface area contributed by atoms with Gasteiger partial charge >= 0.3 is 0 Å². The van der Waals surface area contributed by atoms with Crippen molar-refractivity contribution in [3.8, 4) is 6.07 Å². The third-order valence-electron chi connectivity index (χ3n) is 2.46. The second-order valence-corrected chi connectivity index (χ2v) is 10.1. The number of nitrogens with zero attached hydrogens (tertiary/aromatic N) is 1. The van der Waals surface area contributed by atoms with Crippen LogP contribution in [-0.2, 0) is 4.43 Å². The third-order valence-corrected chi connectivity index (χ3v) is 3.50. The summed E-state index contributed by atoms with van der Waals surface area (Å²) < 4.78 is 5.97. The predicted molar refractivity (Wildman–Crippen MR) is 78.5 cm³/mol. The van der Waals surface area contributed by atoms with E-state index in [9.17, 15) is 5.26 Å². The Bertz CT molecular complexity index is 468. The first-order valence-electron chi connectivity index (χ1n) is 6.12. The van der Waals surface area contributed by atoms with Gasteiger partial charge in [0.15, 0.2) is 13.9 Å². The first-order valence-corrected chi connectivity index (χ1v) is 9.53. The summed E-state index contributed by atoms with van der Waals surface area (Å²) in [4.78, 5) is 0.